The van der Waals surface area contributed by atoms with Gasteiger partial charge in [0.1, 0.15) is 6.10 Å². The second-order valence-corrected chi connectivity index (χ2v) is 15.0. The van der Waals surface area contributed by atoms with E-state index in [-0.39, 0.29) is 28.5 Å². The van der Waals surface area contributed by atoms with E-state index >= 15 is 0 Å². The van der Waals surface area contributed by atoms with Crippen LogP contribution in [0, 0.1) is 0 Å². The fraction of sp³-hybridized carbons (Fsp3) is 0.857. The third-order valence-corrected chi connectivity index (χ3v) is 9.84. The van der Waals surface area contributed by atoms with Crippen LogP contribution in [0.5, 0.6) is 0 Å². The number of quaternary nitrogens is 1. The lowest BCUT2D eigenvalue weighted by atomic mass is 9.77. The molecule has 0 spiro atoms. The maximum absolute atomic E-state index is 13.7. The van der Waals surface area contributed by atoms with Crippen molar-refractivity contribution in [2.45, 2.75) is 212 Å². The SMILES string of the molecule is CCCCCCCC/C=C\CCCCCCCC(=O)C(C(=O)CCCCCCC/C=C\CCCCCCCC)(C(C)O)[N+](C)(C)C.[Cl-]. The molecule has 0 radical (unpaired) electrons. The van der Waals surface area contributed by atoms with Crippen LogP contribution in [-0.2, 0) is 9.59 Å². The highest BCUT2D eigenvalue weighted by molar-refractivity contribution is 6.11. The van der Waals surface area contributed by atoms with Crippen LogP contribution < -0.4 is 12.4 Å². The summed E-state index contributed by atoms with van der Waals surface area (Å²) in [5, 5.41) is 10.9. The molecule has 0 fully saturated rings. The quantitative estimate of drug-likeness (QED) is 0.0319. The van der Waals surface area contributed by atoms with E-state index in [0.717, 1.165) is 51.4 Å². The molecular formula is C42H80ClNO3. The number of Topliss-reactive ketones (excluding diaryl/α,β-unsaturated/α-hetero) is 2. The Balaban J connectivity index is 0. The molecule has 4 nitrogen and oxygen atoms in total. The predicted octanol–water partition coefficient (Wildman–Crippen LogP) is 9.03. The lowest BCUT2D eigenvalue weighted by Gasteiger charge is -2.45. The fourth-order valence-electron chi connectivity index (χ4n) is 7.02. The van der Waals surface area contributed by atoms with Gasteiger partial charge in [-0.1, -0.05) is 141 Å². The van der Waals surface area contributed by atoms with Crippen molar-refractivity contribution >= 4 is 11.6 Å². The van der Waals surface area contributed by atoms with Gasteiger partial charge >= 0.3 is 0 Å². The Labute approximate surface area is 300 Å². The summed E-state index contributed by atoms with van der Waals surface area (Å²) in [6.45, 7) is 6.17. The lowest BCUT2D eigenvalue weighted by Crippen LogP contribution is -3.00. The predicted molar refractivity (Wildman–Crippen MR) is 201 cm³/mol. The average molecular weight is 683 g/mol. The highest BCUT2D eigenvalue weighted by Crippen LogP contribution is 2.31. The van der Waals surface area contributed by atoms with Gasteiger partial charge in [0.15, 0.2) is 0 Å². The minimum Gasteiger partial charge on any atom is -1.00 e. The number of ketones is 2. The Bertz CT molecular complexity index is 731. The van der Waals surface area contributed by atoms with Crippen molar-refractivity contribution in [1.82, 2.24) is 0 Å². The van der Waals surface area contributed by atoms with Gasteiger partial charge in [-0.15, -0.1) is 0 Å². The van der Waals surface area contributed by atoms with Crippen molar-refractivity contribution < 1.29 is 31.6 Å². The number of nitrogens with zero attached hydrogens (tertiary/aromatic N) is 1. The van der Waals surface area contributed by atoms with Crippen molar-refractivity contribution in [3.05, 3.63) is 24.3 Å². The van der Waals surface area contributed by atoms with Crippen LogP contribution in [0.25, 0.3) is 0 Å². The molecule has 5 heteroatoms. The Hall–Kier alpha value is -0.970. The highest BCUT2D eigenvalue weighted by Gasteiger charge is 2.58. The second-order valence-electron chi connectivity index (χ2n) is 15.0. The van der Waals surface area contributed by atoms with Crippen molar-refractivity contribution in [2.75, 3.05) is 21.1 Å². The van der Waals surface area contributed by atoms with Crippen molar-refractivity contribution in [3.8, 4) is 0 Å². The Morgan fingerprint density at radius 1 is 0.511 bits per heavy atom. The number of allylic oxidation sites excluding steroid dienone is 4. The first-order chi connectivity index (χ1) is 22.2. The first-order valence-electron chi connectivity index (χ1n) is 20.0. The van der Waals surface area contributed by atoms with Crippen molar-refractivity contribution in [1.29, 1.82) is 0 Å². The molecule has 0 bridgehead atoms. The van der Waals surface area contributed by atoms with Crippen LogP contribution in [0.4, 0.5) is 0 Å². The molecule has 0 saturated carbocycles. The van der Waals surface area contributed by atoms with E-state index in [1.165, 1.54) is 116 Å². The molecule has 1 atom stereocenters. The molecule has 0 saturated heterocycles. The number of hydrogen-bond donors (Lipinski definition) is 1. The van der Waals surface area contributed by atoms with Gasteiger partial charge in [-0.25, -0.2) is 0 Å². The summed E-state index contributed by atoms with van der Waals surface area (Å²) in [6, 6.07) is 0. The van der Waals surface area contributed by atoms with Crippen LogP contribution in [0.1, 0.15) is 201 Å². The van der Waals surface area contributed by atoms with E-state index in [2.05, 4.69) is 38.2 Å². The number of hydrogen-bond acceptors (Lipinski definition) is 3. The topological polar surface area (TPSA) is 54.4 Å². The minimum atomic E-state index is -1.37. The fourth-order valence-corrected chi connectivity index (χ4v) is 7.02. The summed E-state index contributed by atoms with van der Waals surface area (Å²) in [5.41, 5.74) is -1.37. The number of aliphatic hydroxyl groups excluding tert-OH is 1. The molecule has 0 aliphatic rings. The third kappa shape index (κ3) is 23.1. The molecule has 0 aromatic carbocycles. The Kier molecular flexibility index (Phi) is 33.0. The second kappa shape index (κ2) is 32.2. The summed E-state index contributed by atoms with van der Waals surface area (Å²) in [7, 11) is 5.67. The normalized spacial score (nSPS) is 13.0. The molecule has 47 heavy (non-hydrogen) atoms. The van der Waals surface area contributed by atoms with Crippen molar-refractivity contribution in [2.24, 2.45) is 0 Å². The first kappa shape index (κ1) is 48.1. The maximum Gasteiger partial charge on any atom is 0.242 e. The summed E-state index contributed by atoms with van der Waals surface area (Å²) < 4.78 is 0.151. The summed E-state index contributed by atoms with van der Waals surface area (Å²) >= 11 is 0. The zero-order valence-electron chi connectivity index (χ0n) is 32.3. The molecule has 1 N–H and O–H groups in total. The Morgan fingerprint density at radius 2 is 0.766 bits per heavy atom. The smallest absolute Gasteiger partial charge is 0.242 e. The van der Waals surface area contributed by atoms with Gasteiger partial charge in [-0.2, -0.15) is 0 Å². The lowest BCUT2D eigenvalue weighted by molar-refractivity contribution is -0.906. The molecular weight excluding hydrogens is 602 g/mol. The van der Waals surface area contributed by atoms with E-state index in [1.54, 1.807) is 6.92 Å². The number of unbranched alkanes of at least 4 members (excludes halogenated alkanes) is 22. The van der Waals surface area contributed by atoms with Gasteiger partial charge in [0.25, 0.3) is 0 Å². The number of rotatable bonds is 34. The molecule has 0 aromatic rings. The molecule has 0 aromatic heterocycles. The van der Waals surface area contributed by atoms with Gasteiger partial charge in [0.2, 0.25) is 17.1 Å². The number of likely N-dealkylation sites (N-methyl/N-ethyl adjacent to an activating group) is 1. The maximum atomic E-state index is 13.7. The number of carbonyl (C=O) groups is 2. The molecule has 0 aliphatic heterocycles. The highest BCUT2D eigenvalue weighted by atomic mass is 35.5. The third-order valence-electron chi connectivity index (χ3n) is 9.84. The zero-order chi connectivity index (χ0) is 34.4. The molecule has 0 heterocycles. The molecule has 278 valence electrons. The molecule has 0 amide bonds. The zero-order valence-corrected chi connectivity index (χ0v) is 33.0. The monoisotopic (exact) mass is 682 g/mol. The molecule has 0 rings (SSSR count). The van der Waals surface area contributed by atoms with E-state index < -0.39 is 11.6 Å². The largest absolute Gasteiger partial charge is 1.00 e. The number of carbonyl (C=O) groups excluding carboxylic acids is 2. The van der Waals surface area contributed by atoms with E-state index in [9.17, 15) is 14.7 Å². The van der Waals surface area contributed by atoms with E-state index in [0.29, 0.717) is 12.8 Å². The Morgan fingerprint density at radius 3 is 1.02 bits per heavy atom. The molecule has 0 aliphatic carbocycles. The number of halogens is 1. The average Bonchev–Trinajstić information content (AvgIpc) is 3.00. The van der Waals surface area contributed by atoms with E-state index in [1.807, 2.05) is 21.1 Å². The van der Waals surface area contributed by atoms with E-state index in [4.69, 9.17) is 0 Å². The number of aliphatic hydroxyl groups is 1. The first-order valence-corrected chi connectivity index (χ1v) is 20.0. The van der Waals surface area contributed by atoms with Gasteiger partial charge in [0, 0.05) is 12.8 Å². The summed E-state index contributed by atoms with van der Waals surface area (Å²) in [5.74, 6) is -0.157. The summed E-state index contributed by atoms with van der Waals surface area (Å²) in [6.07, 6.45) is 40.7. The van der Waals surface area contributed by atoms with Gasteiger partial charge < -0.3 is 22.0 Å². The standard InChI is InChI=1S/C42H80NO3.ClH/c1-7-9-11-13-15-17-19-21-23-25-27-29-31-33-35-37-40(45)42(39(3)44,43(4,5)6)41(46)38-36-34-32-30-28-26-24-22-20-18-16-14-12-10-8-2;/h21-24,39,44H,7-20,25-38H2,1-6H3;1H/q+1;/p-1/b23-21-,24-22-;. The van der Waals surface area contributed by atoms with Crippen LogP contribution in [-0.4, -0.2) is 53.9 Å². The van der Waals surface area contributed by atoms with Crippen LogP contribution >= 0.6 is 0 Å². The minimum absolute atomic E-state index is 0. The van der Waals surface area contributed by atoms with Crippen LogP contribution in [0.15, 0.2) is 24.3 Å². The van der Waals surface area contributed by atoms with Crippen LogP contribution in [0.2, 0.25) is 0 Å². The van der Waals surface area contributed by atoms with Gasteiger partial charge in [-0.3, -0.25) is 9.59 Å². The molecule has 1 unspecified atom stereocenters. The van der Waals surface area contributed by atoms with Gasteiger partial charge in [0.05, 0.1) is 21.1 Å². The van der Waals surface area contributed by atoms with Crippen molar-refractivity contribution in [3.63, 3.8) is 0 Å². The summed E-state index contributed by atoms with van der Waals surface area (Å²) in [4.78, 5) is 27.4. The van der Waals surface area contributed by atoms with Gasteiger partial charge in [-0.05, 0) is 71.1 Å². The van der Waals surface area contributed by atoms with Crippen LogP contribution in [0.3, 0.4) is 0 Å².